The number of ether oxygens (including phenoxy) is 2. The summed E-state index contributed by atoms with van der Waals surface area (Å²) < 4.78 is 12.9. The topological polar surface area (TPSA) is 101 Å². The van der Waals surface area contributed by atoms with Crippen molar-refractivity contribution >= 4 is 16.6 Å². The van der Waals surface area contributed by atoms with E-state index in [0.717, 1.165) is 37.1 Å². The van der Waals surface area contributed by atoms with Crippen molar-refractivity contribution in [2.45, 2.75) is 26.4 Å². The summed E-state index contributed by atoms with van der Waals surface area (Å²) in [5, 5.41) is 13.8. The normalized spacial score (nSPS) is 15.9. The second kappa shape index (κ2) is 10.4. The first-order valence-electron chi connectivity index (χ1n) is 13.9. The largest absolute Gasteiger partial charge is 0.454 e. The van der Waals surface area contributed by atoms with E-state index in [-0.39, 0.29) is 12.4 Å². The van der Waals surface area contributed by atoms with Crippen LogP contribution in [0.25, 0.3) is 10.9 Å². The van der Waals surface area contributed by atoms with Gasteiger partial charge in [0.25, 0.3) is 5.56 Å². The highest BCUT2D eigenvalue weighted by atomic mass is 16.7. The summed E-state index contributed by atoms with van der Waals surface area (Å²) in [6, 6.07) is 21.9. The van der Waals surface area contributed by atoms with E-state index in [2.05, 4.69) is 74.5 Å². The Bertz CT molecular complexity index is 1770. The second-order valence-corrected chi connectivity index (χ2v) is 10.7. The van der Waals surface area contributed by atoms with Crippen molar-refractivity contribution in [3.63, 3.8) is 0 Å². The molecule has 0 bridgehead atoms. The van der Waals surface area contributed by atoms with Crippen molar-refractivity contribution in [3.8, 4) is 11.5 Å². The molecule has 1 saturated heterocycles. The van der Waals surface area contributed by atoms with Crippen molar-refractivity contribution in [1.82, 2.24) is 30.1 Å². The van der Waals surface area contributed by atoms with Gasteiger partial charge in [0.1, 0.15) is 6.04 Å². The smallest absolute Gasteiger partial charge is 0.253 e. The first-order chi connectivity index (χ1) is 20.0. The molecule has 1 unspecified atom stereocenters. The SMILES string of the molecule is Cc1ccc(C)c(N2CCN(C(c3cc4cc5c(cc4[nH]c3=O)OCO5)c3nnnn3Cc3ccccc3)CC2)c1. The van der Waals surface area contributed by atoms with Crippen LogP contribution in [-0.4, -0.2) is 63.1 Å². The number of fused-ring (bicyclic) bond motifs is 2. The minimum absolute atomic E-state index is 0.171. The monoisotopic (exact) mass is 549 g/mol. The Morgan fingerprint density at radius 1 is 0.927 bits per heavy atom. The van der Waals surface area contributed by atoms with Crippen molar-refractivity contribution in [2.75, 3.05) is 37.9 Å². The van der Waals surface area contributed by atoms with E-state index in [9.17, 15) is 4.79 Å². The molecule has 7 rings (SSSR count). The van der Waals surface area contributed by atoms with E-state index < -0.39 is 6.04 Å². The number of pyridine rings is 1. The highest BCUT2D eigenvalue weighted by molar-refractivity contribution is 5.83. The van der Waals surface area contributed by atoms with Crippen molar-refractivity contribution in [1.29, 1.82) is 0 Å². The zero-order valence-electron chi connectivity index (χ0n) is 23.1. The quantitative estimate of drug-likeness (QED) is 0.341. The fraction of sp³-hybridized carbons (Fsp3) is 0.290. The predicted octanol–water partition coefficient (Wildman–Crippen LogP) is 3.82. The summed E-state index contributed by atoms with van der Waals surface area (Å²) in [6.45, 7) is 8.10. The first-order valence-corrected chi connectivity index (χ1v) is 13.9. The number of aryl methyl sites for hydroxylation is 2. The number of benzene rings is 3. The van der Waals surface area contributed by atoms with Crippen LogP contribution in [0.4, 0.5) is 5.69 Å². The molecule has 1 N–H and O–H groups in total. The minimum atomic E-state index is -0.437. The standard InChI is InChI=1S/C31H31N7O3/c1-20-8-9-21(2)26(14-20)36-10-12-37(13-11-36)29(30-33-34-35-38(30)18-22-6-4-3-5-7-22)24-15-23-16-27-28(41-19-40-27)17-25(23)32-31(24)39/h3-9,14-17,29H,10-13,18-19H2,1-2H3,(H,32,39). The highest BCUT2D eigenvalue weighted by Crippen LogP contribution is 2.36. The van der Waals surface area contributed by atoms with Gasteiger partial charge in [-0.25, -0.2) is 4.68 Å². The van der Waals surface area contributed by atoms with Crippen LogP contribution in [0.5, 0.6) is 11.5 Å². The fourth-order valence-corrected chi connectivity index (χ4v) is 5.87. The lowest BCUT2D eigenvalue weighted by atomic mass is 10.0. The van der Waals surface area contributed by atoms with Crippen LogP contribution >= 0.6 is 0 Å². The Morgan fingerprint density at radius 2 is 1.71 bits per heavy atom. The zero-order valence-corrected chi connectivity index (χ0v) is 23.1. The van der Waals surface area contributed by atoms with E-state index in [4.69, 9.17) is 9.47 Å². The number of piperazine rings is 1. The van der Waals surface area contributed by atoms with E-state index in [0.29, 0.717) is 34.9 Å². The molecule has 10 nitrogen and oxygen atoms in total. The molecule has 3 aromatic carbocycles. The molecule has 2 aliphatic heterocycles. The molecule has 208 valence electrons. The molecular formula is C31H31N7O3. The van der Waals surface area contributed by atoms with Gasteiger partial charge in [0.05, 0.1) is 12.1 Å². The Morgan fingerprint density at radius 3 is 2.51 bits per heavy atom. The van der Waals surface area contributed by atoms with E-state index in [1.807, 2.05) is 36.4 Å². The summed E-state index contributed by atoms with van der Waals surface area (Å²) in [4.78, 5) is 21.5. The first kappa shape index (κ1) is 25.3. The van der Waals surface area contributed by atoms with Gasteiger partial charge in [-0.1, -0.05) is 42.5 Å². The van der Waals surface area contributed by atoms with Gasteiger partial charge < -0.3 is 19.4 Å². The number of hydrogen-bond donors (Lipinski definition) is 1. The highest BCUT2D eigenvalue weighted by Gasteiger charge is 2.33. The molecule has 0 amide bonds. The molecule has 10 heteroatoms. The molecule has 2 aliphatic rings. The number of aromatic nitrogens is 5. The molecule has 1 atom stereocenters. The lowest BCUT2D eigenvalue weighted by Crippen LogP contribution is -2.49. The third-order valence-electron chi connectivity index (χ3n) is 8.02. The molecule has 1 fully saturated rings. The van der Waals surface area contributed by atoms with Gasteiger partial charge in [-0.05, 0) is 59.2 Å². The Kier molecular flexibility index (Phi) is 6.39. The molecular weight excluding hydrogens is 518 g/mol. The number of anilines is 1. The number of nitrogens with one attached hydrogen (secondary N) is 1. The predicted molar refractivity (Wildman–Crippen MR) is 156 cm³/mol. The van der Waals surface area contributed by atoms with Crippen LogP contribution in [0, 0.1) is 13.8 Å². The van der Waals surface area contributed by atoms with Crippen molar-refractivity contribution in [2.24, 2.45) is 0 Å². The summed E-state index contributed by atoms with van der Waals surface area (Å²) >= 11 is 0. The van der Waals surface area contributed by atoms with Crippen LogP contribution < -0.4 is 19.9 Å². The summed E-state index contributed by atoms with van der Waals surface area (Å²) in [5.41, 5.74) is 5.97. The maximum atomic E-state index is 13.7. The molecule has 5 aromatic rings. The second-order valence-electron chi connectivity index (χ2n) is 10.7. The summed E-state index contributed by atoms with van der Waals surface area (Å²) in [5.74, 6) is 1.94. The number of aromatic amines is 1. The van der Waals surface area contributed by atoms with Crippen LogP contribution in [0.3, 0.4) is 0 Å². The Labute approximate surface area is 237 Å². The van der Waals surface area contributed by atoms with E-state index >= 15 is 0 Å². The van der Waals surface area contributed by atoms with Crippen LogP contribution in [0.1, 0.15) is 34.1 Å². The number of rotatable bonds is 6. The fourth-order valence-electron chi connectivity index (χ4n) is 5.87. The third kappa shape index (κ3) is 4.80. The summed E-state index contributed by atoms with van der Waals surface area (Å²) in [7, 11) is 0. The average Bonchev–Trinajstić information content (AvgIpc) is 3.64. The van der Waals surface area contributed by atoms with Crippen molar-refractivity contribution in [3.05, 3.63) is 105 Å². The molecule has 0 radical (unpaired) electrons. The van der Waals surface area contributed by atoms with Gasteiger partial charge in [-0.15, -0.1) is 5.10 Å². The number of tetrazole rings is 1. The maximum Gasteiger partial charge on any atom is 0.253 e. The number of hydrogen-bond acceptors (Lipinski definition) is 8. The average molecular weight is 550 g/mol. The van der Waals surface area contributed by atoms with Gasteiger partial charge in [-0.2, -0.15) is 0 Å². The summed E-state index contributed by atoms with van der Waals surface area (Å²) in [6.07, 6.45) is 0. The molecule has 0 saturated carbocycles. The van der Waals surface area contributed by atoms with Crippen molar-refractivity contribution < 1.29 is 9.47 Å². The maximum absolute atomic E-state index is 13.7. The van der Waals surface area contributed by atoms with Gasteiger partial charge in [0, 0.05) is 48.9 Å². The minimum Gasteiger partial charge on any atom is -0.454 e. The van der Waals surface area contributed by atoms with E-state index in [1.165, 1.54) is 16.8 Å². The van der Waals surface area contributed by atoms with Crippen LogP contribution in [-0.2, 0) is 6.54 Å². The lowest BCUT2D eigenvalue weighted by Gasteiger charge is -2.40. The van der Waals surface area contributed by atoms with Gasteiger partial charge >= 0.3 is 0 Å². The Balaban J connectivity index is 1.28. The Hall–Kier alpha value is -4.70. The number of nitrogens with zero attached hydrogens (tertiary/aromatic N) is 6. The third-order valence-corrected chi connectivity index (χ3v) is 8.02. The molecule has 4 heterocycles. The number of H-pyrrole nitrogens is 1. The molecule has 41 heavy (non-hydrogen) atoms. The molecule has 0 spiro atoms. The van der Waals surface area contributed by atoms with E-state index in [1.54, 1.807) is 4.68 Å². The van der Waals surface area contributed by atoms with Crippen LogP contribution in [0.15, 0.2) is 71.5 Å². The van der Waals surface area contributed by atoms with Gasteiger partial charge in [-0.3, -0.25) is 9.69 Å². The molecule has 0 aliphatic carbocycles. The molecule has 2 aromatic heterocycles. The lowest BCUT2D eigenvalue weighted by molar-refractivity contribution is 0.174. The van der Waals surface area contributed by atoms with Crippen LogP contribution in [0.2, 0.25) is 0 Å². The van der Waals surface area contributed by atoms with Gasteiger partial charge in [0.2, 0.25) is 6.79 Å². The van der Waals surface area contributed by atoms with Gasteiger partial charge in [0.15, 0.2) is 17.3 Å². The zero-order chi connectivity index (χ0) is 27.9.